The first-order chi connectivity index (χ1) is 17.6. The van der Waals surface area contributed by atoms with Crippen molar-refractivity contribution in [2.75, 3.05) is 38.2 Å². The maximum absolute atomic E-state index is 13.5. The molecule has 0 spiro atoms. The fraction of sp³-hybridized carbons (Fsp3) is 0.286. The third kappa shape index (κ3) is 4.93. The van der Waals surface area contributed by atoms with E-state index in [9.17, 15) is 9.59 Å². The zero-order chi connectivity index (χ0) is 24.9. The van der Waals surface area contributed by atoms with E-state index in [4.69, 9.17) is 4.74 Å². The molecule has 2 aromatic carbocycles. The molecule has 8 nitrogen and oxygen atoms in total. The zero-order valence-electron chi connectivity index (χ0n) is 20.3. The van der Waals surface area contributed by atoms with Gasteiger partial charge in [0.15, 0.2) is 11.5 Å². The van der Waals surface area contributed by atoms with Crippen molar-refractivity contribution in [1.29, 1.82) is 0 Å². The molecule has 1 amide bonds. The lowest BCUT2D eigenvalue weighted by molar-refractivity contribution is -0.131. The van der Waals surface area contributed by atoms with Crippen LogP contribution in [0.1, 0.15) is 17.5 Å². The van der Waals surface area contributed by atoms with E-state index in [0.29, 0.717) is 62.5 Å². The number of aromatic nitrogens is 3. The Balaban J connectivity index is 1.30. The zero-order valence-corrected chi connectivity index (χ0v) is 20.3. The molecule has 1 fully saturated rings. The average molecular weight is 484 g/mol. The molecule has 0 atom stereocenters. The minimum atomic E-state index is -0.166. The second-order valence-electron chi connectivity index (χ2n) is 8.84. The molecule has 0 bridgehead atoms. The van der Waals surface area contributed by atoms with Gasteiger partial charge in [0.1, 0.15) is 11.3 Å². The van der Waals surface area contributed by atoms with Gasteiger partial charge in [-0.3, -0.25) is 14.2 Å². The molecule has 8 heteroatoms. The number of methoxy groups -OCH3 is 1. The van der Waals surface area contributed by atoms with Crippen molar-refractivity contribution in [3.05, 3.63) is 94.4 Å². The molecule has 1 aliphatic rings. The molecule has 0 N–H and O–H groups in total. The number of piperazine rings is 1. The molecule has 5 rings (SSSR count). The number of benzene rings is 2. The largest absolute Gasteiger partial charge is 0.496 e. The van der Waals surface area contributed by atoms with Gasteiger partial charge in [-0.25, -0.2) is 9.97 Å². The maximum Gasteiger partial charge on any atom is 0.295 e. The molecule has 0 radical (unpaired) electrons. The van der Waals surface area contributed by atoms with E-state index < -0.39 is 0 Å². The van der Waals surface area contributed by atoms with Crippen molar-refractivity contribution in [1.82, 2.24) is 19.4 Å². The van der Waals surface area contributed by atoms with E-state index in [-0.39, 0.29) is 11.5 Å². The van der Waals surface area contributed by atoms with E-state index in [2.05, 4.69) is 9.97 Å². The van der Waals surface area contributed by atoms with Crippen molar-refractivity contribution >= 4 is 22.9 Å². The average Bonchev–Trinajstić information content (AvgIpc) is 2.94. The summed E-state index contributed by atoms with van der Waals surface area (Å²) in [4.78, 5) is 39.4. The lowest BCUT2D eigenvalue weighted by Gasteiger charge is -2.35. The molecular weight excluding hydrogens is 454 g/mol. The van der Waals surface area contributed by atoms with Gasteiger partial charge in [-0.15, -0.1) is 0 Å². The van der Waals surface area contributed by atoms with E-state index in [1.807, 2.05) is 76.5 Å². The standard InChI is InChI=1S/C28H29N5O3/c1-36-24-12-6-5-10-22(24)13-14-25(34)31-16-18-32(19-17-31)27-28(35)33(20-21-8-3-2-4-9-21)26-23(30-27)11-7-15-29-26/h2-12,15H,13-14,16-20H2,1H3. The summed E-state index contributed by atoms with van der Waals surface area (Å²) in [5.74, 6) is 1.32. The van der Waals surface area contributed by atoms with Crippen LogP contribution in [0.15, 0.2) is 77.7 Å². The number of aryl methyl sites for hydroxylation is 1. The van der Waals surface area contributed by atoms with Crippen molar-refractivity contribution in [3.8, 4) is 5.75 Å². The Labute approximate surface area is 209 Å². The highest BCUT2D eigenvalue weighted by Gasteiger charge is 2.25. The van der Waals surface area contributed by atoms with Crippen LogP contribution in [0.2, 0.25) is 0 Å². The molecule has 3 heterocycles. The fourth-order valence-electron chi connectivity index (χ4n) is 4.66. The van der Waals surface area contributed by atoms with Crippen molar-refractivity contribution in [3.63, 3.8) is 0 Å². The van der Waals surface area contributed by atoms with Gasteiger partial charge in [0.25, 0.3) is 5.56 Å². The molecule has 36 heavy (non-hydrogen) atoms. The third-order valence-electron chi connectivity index (χ3n) is 6.60. The first-order valence-electron chi connectivity index (χ1n) is 12.2. The molecule has 0 aliphatic carbocycles. The number of ether oxygens (including phenoxy) is 1. The number of nitrogens with zero attached hydrogens (tertiary/aromatic N) is 5. The first-order valence-corrected chi connectivity index (χ1v) is 12.2. The minimum Gasteiger partial charge on any atom is -0.496 e. The Morgan fingerprint density at radius 3 is 2.47 bits per heavy atom. The smallest absolute Gasteiger partial charge is 0.295 e. The maximum atomic E-state index is 13.5. The van der Waals surface area contributed by atoms with Crippen LogP contribution < -0.4 is 15.2 Å². The molecule has 4 aromatic rings. The number of para-hydroxylation sites is 1. The molecular formula is C28H29N5O3. The highest BCUT2D eigenvalue weighted by molar-refractivity contribution is 5.77. The van der Waals surface area contributed by atoms with Gasteiger partial charge >= 0.3 is 0 Å². The molecule has 1 saturated heterocycles. The van der Waals surface area contributed by atoms with Gasteiger partial charge in [-0.2, -0.15) is 0 Å². The topological polar surface area (TPSA) is 80.6 Å². The van der Waals surface area contributed by atoms with Gasteiger partial charge in [0.2, 0.25) is 5.91 Å². The van der Waals surface area contributed by atoms with Gasteiger partial charge in [-0.05, 0) is 35.7 Å². The normalized spacial score (nSPS) is 13.7. The second-order valence-corrected chi connectivity index (χ2v) is 8.84. The number of hydrogen-bond donors (Lipinski definition) is 0. The van der Waals surface area contributed by atoms with Crippen LogP contribution >= 0.6 is 0 Å². The number of anilines is 1. The predicted octanol–water partition coefficient (Wildman–Crippen LogP) is 3.13. The monoisotopic (exact) mass is 483 g/mol. The number of pyridine rings is 1. The van der Waals surface area contributed by atoms with Crippen LogP contribution in [0.3, 0.4) is 0 Å². The Morgan fingerprint density at radius 1 is 0.944 bits per heavy atom. The van der Waals surface area contributed by atoms with Crippen LogP contribution in [-0.2, 0) is 17.8 Å². The van der Waals surface area contributed by atoms with Gasteiger partial charge < -0.3 is 14.5 Å². The number of hydrogen-bond acceptors (Lipinski definition) is 6. The Kier molecular flexibility index (Phi) is 6.93. The van der Waals surface area contributed by atoms with E-state index in [0.717, 1.165) is 16.9 Å². The molecule has 2 aromatic heterocycles. The molecule has 1 aliphatic heterocycles. The van der Waals surface area contributed by atoms with Crippen LogP contribution in [0, 0.1) is 0 Å². The Hall–Kier alpha value is -4.20. The van der Waals surface area contributed by atoms with E-state index >= 15 is 0 Å². The van der Waals surface area contributed by atoms with Crippen LogP contribution in [0.4, 0.5) is 5.82 Å². The van der Waals surface area contributed by atoms with E-state index in [1.54, 1.807) is 17.9 Å². The number of amides is 1. The quantitative estimate of drug-likeness (QED) is 0.402. The van der Waals surface area contributed by atoms with Crippen molar-refractivity contribution in [2.24, 2.45) is 0 Å². The summed E-state index contributed by atoms with van der Waals surface area (Å²) in [6, 6.07) is 21.4. The second kappa shape index (κ2) is 10.6. The first kappa shape index (κ1) is 23.5. The minimum absolute atomic E-state index is 0.109. The summed E-state index contributed by atoms with van der Waals surface area (Å²) in [6.45, 7) is 2.63. The molecule has 184 valence electrons. The summed E-state index contributed by atoms with van der Waals surface area (Å²) in [6.07, 6.45) is 2.73. The van der Waals surface area contributed by atoms with Crippen molar-refractivity contribution in [2.45, 2.75) is 19.4 Å². The van der Waals surface area contributed by atoms with Crippen molar-refractivity contribution < 1.29 is 9.53 Å². The number of carbonyl (C=O) groups excluding carboxylic acids is 1. The van der Waals surface area contributed by atoms with E-state index in [1.165, 1.54) is 0 Å². The van der Waals surface area contributed by atoms with Crippen LogP contribution in [0.5, 0.6) is 5.75 Å². The number of fused-ring (bicyclic) bond motifs is 1. The summed E-state index contributed by atoms with van der Waals surface area (Å²) in [7, 11) is 1.64. The summed E-state index contributed by atoms with van der Waals surface area (Å²) in [5, 5.41) is 0. The Morgan fingerprint density at radius 2 is 1.69 bits per heavy atom. The number of rotatable bonds is 7. The van der Waals surface area contributed by atoms with Gasteiger partial charge in [0.05, 0.1) is 13.7 Å². The Bertz CT molecular complexity index is 1410. The SMILES string of the molecule is COc1ccccc1CCC(=O)N1CCN(c2nc3cccnc3n(Cc3ccccc3)c2=O)CC1. The summed E-state index contributed by atoms with van der Waals surface area (Å²) < 4.78 is 7.09. The number of carbonyl (C=O) groups is 1. The highest BCUT2D eigenvalue weighted by Crippen LogP contribution is 2.20. The fourth-order valence-corrected chi connectivity index (χ4v) is 4.66. The lowest BCUT2D eigenvalue weighted by Crippen LogP contribution is -2.50. The highest BCUT2D eigenvalue weighted by atomic mass is 16.5. The van der Waals surface area contributed by atoms with Crippen LogP contribution in [-0.4, -0.2) is 58.6 Å². The van der Waals surface area contributed by atoms with Gasteiger partial charge in [0, 0.05) is 38.8 Å². The lowest BCUT2D eigenvalue weighted by atomic mass is 10.1. The third-order valence-corrected chi connectivity index (χ3v) is 6.60. The summed E-state index contributed by atoms with van der Waals surface area (Å²) >= 11 is 0. The molecule has 0 unspecified atom stereocenters. The van der Waals surface area contributed by atoms with Gasteiger partial charge in [-0.1, -0.05) is 48.5 Å². The molecule has 0 saturated carbocycles. The predicted molar refractivity (Wildman–Crippen MR) is 139 cm³/mol. The van der Waals surface area contributed by atoms with Crippen LogP contribution in [0.25, 0.3) is 11.2 Å². The summed E-state index contributed by atoms with van der Waals surface area (Å²) in [5.41, 5.74) is 3.13.